The molecule has 0 spiro atoms. The van der Waals surface area contributed by atoms with Crippen LogP contribution in [0, 0.1) is 17.0 Å². The molecular formula is C14H15ClN8O4. The van der Waals surface area contributed by atoms with Gasteiger partial charge in [-0.3, -0.25) is 4.79 Å². The molecule has 3 heterocycles. The second-order valence-corrected chi connectivity index (χ2v) is 5.94. The fourth-order valence-corrected chi connectivity index (χ4v) is 2.49. The summed E-state index contributed by atoms with van der Waals surface area (Å²) in [6.07, 6.45) is 5.92. The first-order chi connectivity index (χ1) is 13.0. The molecule has 0 aliphatic rings. The number of hydrogen-bond donors (Lipinski definition) is 1. The number of hydrogen-bond acceptors (Lipinski definition) is 8. The van der Waals surface area contributed by atoms with E-state index in [1.165, 1.54) is 4.68 Å². The van der Waals surface area contributed by atoms with Gasteiger partial charge in [0.05, 0.1) is 17.1 Å². The van der Waals surface area contributed by atoms with Gasteiger partial charge in [-0.15, -0.1) is 0 Å². The largest absolute Gasteiger partial charge is 0.408 e. The van der Waals surface area contributed by atoms with Crippen molar-refractivity contribution >= 4 is 23.3 Å². The minimum absolute atomic E-state index is 0.0171. The van der Waals surface area contributed by atoms with E-state index in [2.05, 4.69) is 25.5 Å². The first kappa shape index (κ1) is 18.5. The average molecular weight is 395 g/mol. The summed E-state index contributed by atoms with van der Waals surface area (Å²) in [6, 6.07) is 0. The van der Waals surface area contributed by atoms with Crippen LogP contribution >= 0.6 is 11.6 Å². The van der Waals surface area contributed by atoms with Crippen LogP contribution in [0.15, 0.2) is 23.2 Å². The lowest BCUT2D eigenvalue weighted by atomic mass is 10.4. The molecule has 0 fully saturated rings. The van der Waals surface area contributed by atoms with Crippen molar-refractivity contribution in [2.45, 2.75) is 26.4 Å². The zero-order chi connectivity index (χ0) is 19.4. The van der Waals surface area contributed by atoms with Gasteiger partial charge in [0, 0.05) is 25.5 Å². The molecule has 0 radical (unpaired) electrons. The van der Waals surface area contributed by atoms with Gasteiger partial charge < -0.3 is 24.5 Å². The number of imidazole rings is 1. The van der Waals surface area contributed by atoms with Crippen molar-refractivity contribution in [3.8, 4) is 0 Å². The first-order valence-electron chi connectivity index (χ1n) is 7.89. The topological polar surface area (TPSA) is 147 Å². The molecule has 0 aliphatic carbocycles. The van der Waals surface area contributed by atoms with E-state index >= 15 is 0 Å². The number of nitro groups is 1. The number of carbonyl (C=O) groups excluding carboxylic acids is 1. The third-order valence-electron chi connectivity index (χ3n) is 3.68. The Hall–Kier alpha value is -3.28. The Morgan fingerprint density at radius 1 is 1.48 bits per heavy atom. The molecule has 0 saturated heterocycles. The van der Waals surface area contributed by atoms with Crippen LogP contribution in [0.1, 0.15) is 28.6 Å². The molecule has 0 aromatic carbocycles. The van der Waals surface area contributed by atoms with Crippen LogP contribution in [0.4, 0.5) is 5.82 Å². The van der Waals surface area contributed by atoms with Crippen molar-refractivity contribution in [3.63, 3.8) is 0 Å². The number of amides is 1. The molecule has 0 bridgehead atoms. The zero-order valence-electron chi connectivity index (χ0n) is 14.2. The first-order valence-corrected chi connectivity index (χ1v) is 8.27. The Balaban J connectivity index is 1.55. The highest BCUT2D eigenvalue weighted by molar-refractivity contribution is 6.33. The second kappa shape index (κ2) is 7.95. The number of rotatable bonds is 8. The lowest BCUT2D eigenvalue weighted by Crippen LogP contribution is -2.25. The molecule has 0 unspecified atom stereocenters. The standard InChI is InChI=1S/C14H15ClN8O4/c1-9-11(15)12(23(25)26)19-22(9)7-10-18-14(27-20-10)13(24)17-3-2-5-21-6-4-16-8-21/h4,6,8H,2-3,5,7H2,1H3,(H,17,24). The quantitative estimate of drug-likeness (QED) is 0.340. The fourth-order valence-electron chi connectivity index (χ4n) is 2.28. The van der Waals surface area contributed by atoms with E-state index in [-0.39, 0.29) is 23.3 Å². The van der Waals surface area contributed by atoms with E-state index in [4.69, 9.17) is 16.1 Å². The maximum Gasteiger partial charge on any atom is 0.408 e. The summed E-state index contributed by atoms with van der Waals surface area (Å²) in [5.41, 5.74) is 0.388. The van der Waals surface area contributed by atoms with Crippen molar-refractivity contribution in [2.24, 2.45) is 0 Å². The number of nitrogens with one attached hydrogen (secondary N) is 1. The van der Waals surface area contributed by atoms with Crippen LogP contribution in [-0.2, 0) is 13.1 Å². The Bertz CT molecular complexity index is 949. The second-order valence-electron chi connectivity index (χ2n) is 5.56. The van der Waals surface area contributed by atoms with Gasteiger partial charge >= 0.3 is 17.6 Å². The molecule has 0 aliphatic heterocycles. The lowest BCUT2D eigenvalue weighted by molar-refractivity contribution is -0.389. The van der Waals surface area contributed by atoms with Gasteiger partial charge in [0.2, 0.25) is 0 Å². The number of aryl methyl sites for hydroxylation is 1. The van der Waals surface area contributed by atoms with Gasteiger partial charge in [0.1, 0.15) is 6.54 Å². The van der Waals surface area contributed by atoms with Crippen LogP contribution in [0.2, 0.25) is 5.02 Å². The van der Waals surface area contributed by atoms with Crippen LogP contribution in [0.3, 0.4) is 0 Å². The summed E-state index contributed by atoms with van der Waals surface area (Å²) in [5, 5.41) is 21.0. The Kier molecular flexibility index (Phi) is 5.45. The van der Waals surface area contributed by atoms with E-state index < -0.39 is 16.6 Å². The molecule has 3 aromatic rings. The summed E-state index contributed by atoms with van der Waals surface area (Å²) in [6.45, 7) is 2.70. The van der Waals surface area contributed by atoms with Crippen molar-refractivity contribution in [3.05, 3.63) is 51.3 Å². The number of aromatic nitrogens is 6. The number of nitrogens with zero attached hydrogens (tertiary/aromatic N) is 7. The maximum atomic E-state index is 12.0. The summed E-state index contributed by atoms with van der Waals surface area (Å²) in [7, 11) is 0. The molecule has 0 atom stereocenters. The molecule has 1 N–H and O–H groups in total. The molecule has 3 aromatic heterocycles. The Morgan fingerprint density at radius 3 is 2.96 bits per heavy atom. The molecule has 13 heteroatoms. The third-order valence-corrected chi connectivity index (χ3v) is 4.12. The van der Waals surface area contributed by atoms with E-state index in [0.717, 1.165) is 0 Å². The minimum atomic E-state index is -0.676. The van der Waals surface area contributed by atoms with Gasteiger partial charge in [-0.2, -0.15) is 9.67 Å². The maximum absolute atomic E-state index is 12.0. The average Bonchev–Trinajstić information content (AvgIpc) is 3.36. The summed E-state index contributed by atoms with van der Waals surface area (Å²) >= 11 is 5.88. The van der Waals surface area contributed by atoms with Crippen LogP contribution in [0.5, 0.6) is 0 Å². The predicted molar refractivity (Wildman–Crippen MR) is 91.2 cm³/mol. The van der Waals surface area contributed by atoms with E-state index in [9.17, 15) is 14.9 Å². The molecule has 27 heavy (non-hydrogen) atoms. The van der Waals surface area contributed by atoms with Gasteiger partial charge in [0.15, 0.2) is 10.8 Å². The van der Waals surface area contributed by atoms with Gasteiger partial charge in [-0.05, 0) is 18.3 Å². The van der Waals surface area contributed by atoms with Crippen LogP contribution < -0.4 is 5.32 Å². The van der Waals surface area contributed by atoms with Crippen LogP contribution in [0.25, 0.3) is 0 Å². The zero-order valence-corrected chi connectivity index (χ0v) is 15.0. The van der Waals surface area contributed by atoms with Crippen molar-refractivity contribution in [2.75, 3.05) is 6.54 Å². The van der Waals surface area contributed by atoms with Crippen molar-refractivity contribution in [1.82, 2.24) is 34.8 Å². The minimum Gasteiger partial charge on any atom is -0.358 e. The SMILES string of the molecule is Cc1c(Cl)c([N+](=O)[O-])nn1Cc1noc(C(=O)NCCCn2ccnc2)n1. The van der Waals surface area contributed by atoms with Gasteiger partial charge in [-0.25, -0.2) is 4.98 Å². The molecule has 0 saturated carbocycles. The third kappa shape index (κ3) is 4.28. The highest BCUT2D eigenvalue weighted by Crippen LogP contribution is 2.26. The lowest BCUT2D eigenvalue weighted by Gasteiger charge is -2.02. The Labute approximate surface area is 157 Å². The smallest absolute Gasteiger partial charge is 0.358 e. The Morgan fingerprint density at radius 2 is 2.30 bits per heavy atom. The summed E-state index contributed by atoms with van der Waals surface area (Å²) in [4.78, 5) is 30.1. The molecular weight excluding hydrogens is 380 g/mol. The number of halogens is 1. The highest BCUT2D eigenvalue weighted by Gasteiger charge is 2.25. The highest BCUT2D eigenvalue weighted by atomic mass is 35.5. The number of carbonyl (C=O) groups is 1. The molecule has 3 rings (SSSR count). The normalized spacial score (nSPS) is 10.9. The van der Waals surface area contributed by atoms with Crippen LogP contribution in [-0.4, -0.2) is 46.8 Å². The van der Waals surface area contributed by atoms with E-state index in [1.807, 2.05) is 10.8 Å². The van der Waals surface area contributed by atoms with Gasteiger partial charge in [0.25, 0.3) is 0 Å². The van der Waals surface area contributed by atoms with Crippen molar-refractivity contribution < 1.29 is 14.2 Å². The fraction of sp³-hybridized carbons (Fsp3) is 0.357. The van der Waals surface area contributed by atoms with Crippen molar-refractivity contribution in [1.29, 1.82) is 0 Å². The van der Waals surface area contributed by atoms with E-state index in [0.29, 0.717) is 25.2 Å². The monoisotopic (exact) mass is 394 g/mol. The summed E-state index contributed by atoms with van der Waals surface area (Å²) < 4.78 is 8.10. The molecule has 142 valence electrons. The molecule has 1 amide bonds. The van der Waals surface area contributed by atoms with Gasteiger partial charge in [-0.1, -0.05) is 16.8 Å². The predicted octanol–water partition coefficient (Wildman–Crippen LogP) is 1.20. The summed E-state index contributed by atoms with van der Waals surface area (Å²) in [5.74, 6) is -0.997. The van der Waals surface area contributed by atoms with E-state index in [1.54, 1.807) is 19.4 Å². The molecule has 12 nitrogen and oxygen atoms in total.